The molecular weight excluding hydrogens is 216 g/mol. The maximum absolute atomic E-state index is 10.3. The van der Waals surface area contributed by atoms with E-state index in [-0.39, 0.29) is 5.75 Å². The average molecular weight is 230 g/mol. The average Bonchev–Trinajstić information content (AvgIpc) is 2.59. The molecule has 1 aromatic heterocycles. The summed E-state index contributed by atoms with van der Waals surface area (Å²) >= 11 is 1.04. The van der Waals surface area contributed by atoms with Crippen LogP contribution in [0.15, 0.2) is 9.64 Å². The van der Waals surface area contributed by atoms with Crippen molar-refractivity contribution in [2.75, 3.05) is 5.75 Å². The molecule has 1 N–H and O–H groups in total. The van der Waals surface area contributed by atoms with E-state index in [1.54, 1.807) is 0 Å². The van der Waals surface area contributed by atoms with Crippen molar-refractivity contribution in [1.82, 2.24) is 10.2 Å². The van der Waals surface area contributed by atoms with E-state index < -0.39 is 5.97 Å². The lowest BCUT2D eigenvalue weighted by molar-refractivity contribution is -0.133. The highest BCUT2D eigenvalue weighted by molar-refractivity contribution is 7.99. The molecule has 0 unspecified atom stereocenters. The highest BCUT2D eigenvalue weighted by atomic mass is 32.2. The molecule has 0 spiro atoms. The van der Waals surface area contributed by atoms with Gasteiger partial charge in [0.2, 0.25) is 5.89 Å². The van der Waals surface area contributed by atoms with Gasteiger partial charge in [-0.2, -0.15) is 0 Å². The standard InChI is InChI=1S/C9H14N2O3S/c1-6(2)3-4-7-10-11-9(14-7)15-5-8(12)13/h6H,3-5H2,1-2H3,(H,12,13). The predicted molar refractivity (Wildman–Crippen MR) is 55.8 cm³/mol. The van der Waals surface area contributed by atoms with E-state index in [2.05, 4.69) is 24.0 Å². The van der Waals surface area contributed by atoms with Crippen molar-refractivity contribution in [1.29, 1.82) is 0 Å². The Balaban J connectivity index is 2.38. The van der Waals surface area contributed by atoms with Crippen LogP contribution in [0.2, 0.25) is 0 Å². The first-order chi connectivity index (χ1) is 7.08. The number of nitrogens with zero attached hydrogens (tertiary/aromatic N) is 2. The summed E-state index contributed by atoms with van der Waals surface area (Å²) in [4.78, 5) is 10.3. The van der Waals surface area contributed by atoms with Gasteiger partial charge in [-0.25, -0.2) is 0 Å². The molecule has 0 aromatic carbocycles. The lowest BCUT2D eigenvalue weighted by Gasteiger charge is -1.98. The largest absolute Gasteiger partial charge is 0.481 e. The first-order valence-corrected chi connectivity index (χ1v) is 5.73. The van der Waals surface area contributed by atoms with Gasteiger partial charge in [-0.05, 0) is 12.3 Å². The normalized spacial score (nSPS) is 10.9. The number of hydrogen-bond acceptors (Lipinski definition) is 5. The highest BCUT2D eigenvalue weighted by Crippen LogP contribution is 2.17. The molecule has 0 aliphatic heterocycles. The molecule has 0 amide bonds. The quantitative estimate of drug-likeness (QED) is 0.751. The van der Waals surface area contributed by atoms with Crippen LogP contribution in [0.4, 0.5) is 0 Å². The molecule has 0 aliphatic rings. The Morgan fingerprint density at radius 3 is 2.87 bits per heavy atom. The minimum atomic E-state index is -0.887. The molecule has 84 valence electrons. The SMILES string of the molecule is CC(C)CCc1nnc(SCC(=O)O)o1. The van der Waals surface area contributed by atoms with Crippen molar-refractivity contribution < 1.29 is 14.3 Å². The van der Waals surface area contributed by atoms with E-state index in [4.69, 9.17) is 9.52 Å². The summed E-state index contributed by atoms with van der Waals surface area (Å²) in [5, 5.41) is 16.4. The molecule has 0 saturated heterocycles. The molecule has 0 saturated carbocycles. The Kier molecular flexibility index (Phi) is 4.61. The van der Waals surface area contributed by atoms with E-state index in [1.165, 1.54) is 0 Å². The van der Waals surface area contributed by atoms with Gasteiger partial charge >= 0.3 is 5.97 Å². The fourth-order valence-corrected chi connectivity index (χ4v) is 1.43. The Morgan fingerprint density at radius 2 is 2.27 bits per heavy atom. The van der Waals surface area contributed by atoms with Crippen LogP contribution >= 0.6 is 11.8 Å². The summed E-state index contributed by atoms with van der Waals surface area (Å²) in [7, 11) is 0. The molecule has 0 fully saturated rings. The van der Waals surface area contributed by atoms with Gasteiger partial charge in [0.15, 0.2) is 0 Å². The van der Waals surface area contributed by atoms with E-state index >= 15 is 0 Å². The zero-order valence-electron chi connectivity index (χ0n) is 8.77. The molecular formula is C9H14N2O3S. The number of hydrogen-bond donors (Lipinski definition) is 1. The molecule has 0 atom stereocenters. The van der Waals surface area contributed by atoms with E-state index in [1.807, 2.05) is 0 Å². The first kappa shape index (κ1) is 12.0. The summed E-state index contributed by atoms with van der Waals surface area (Å²) in [5.41, 5.74) is 0. The number of carboxylic acids is 1. The third-order valence-electron chi connectivity index (χ3n) is 1.70. The molecule has 1 aromatic rings. The number of rotatable bonds is 6. The van der Waals surface area contributed by atoms with E-state index in [0.717, 1.165) is 24.6 Å². The molecule has 1 heterocycles. The van der Waals surface area contributed by atoms with Crippen molar-refractivity contribution >= 4 is 17.7 Å². The van der Waals surface area contributed by atoms with Crippen LogP contribution in [0.25, 0.3) is 0 Å². The van der Waals surface area contributed by atoms with Crippen molar-refractivity contribution in [3.8, 4) is 0 Å². The second-order valence-corrected chi connectivity index (χ2v) is 4.50. The van der Waals surface area contributed by atoms with Gasteiger partial charge in [-0.15, -0.1) is 10.2 Å². The molecule has 5 nitrogen and oxygen atoms in total. The van der Waals surface area contributed by atoms with Gasteiger partial charge in [-0.1, -0.05) is 25.6 Å². The van der Waals surface area contributed by atoms with Crippen molar-refractivity contribution in [3.05, 3.63) is 5.89 Å². The number of carbonyl (C=O) groups is 1. The number of aromatic nitrogens is 2. The summed E-state index contributed by atoms with van der Waals surface area (Å²) in [5.74, 6) is 0.233. The molecule has 0 aliphatic carbocycles. The van der Waals surface area contributed by atoms with Gasteiger partial charge in [0.25, 0.3) is 5.22 Å². The van der Waals surface area contributed by atoms with Gasteiger partial charge in [-0.3, -0.25) is 4.79 Å². The van der Waals surface area contributed by atoms with Crippen LogP contribution < -0.4 is 0 Å². The number of carboxylic acid groups (broad SMARTS) is 1. The third-order valence-corrected chi connectivity index (χ3v) is 2.51. The minimum Gasteiger partial charge on any atom is -0.481 e. The first-order valence-electron chi connectivity index (χ1n) is 4.75. The van der Waals surface area contributed by atoms with Crippen LogP contribution in [0, 0.1) is 5.92 Å². The fraction of sp³-hybridized carbons (Fsp3) is 0.667. The maximum atomic E-state index is 10.3. The number of aryl methyl sites for hydroxylation is 1. The zero-order chi connectivity index (χ0) is 11.3. The molecule has 0 bridgehead atoms. The lowest BCUT2D eigenvalue weighted by Crippen LogP contribution is -1.97. The Labute approximate surface area is 92.3 Å². The van der Waals surface area contributed by atoms with Crippen molar-refractivity contribution in [2.45, 2.75) is 31.9 Å². The zero-order valence-corrected chi connectivity index (χ0v) is 9.58. The van der Waals surface area contributed by atoms with Crippen LogP contribution in [-0.2, 0) is 11.2 Å². The van der Waals surface area contributed by atoms with E-state index in [9.17, 15) is 4.79 Å². The smallest absolute Gasteiger partial charge is 0.314 e. The Bertz CT molecular complexity index is 325. The van der Waals surface area contributed by atoms with Crippen LogP contribution in [0.5, 0.6) is 0 Å². The summed E-state index contributed by atoms with van der Waals surface area (Å²) in [6.45, 7) is 4.24. The molecule has 15 heavy (non-hydrogen) atoms. The van der Waals surface area contributed by atoms with Crippen molar-refractivity contribution in [2.24, 2.45) is 5.92 Å². The number of aliphatic carboxylic acids is 1. The molecule has 1 rings (SSSR count). The lowest BCUT2D eigenvalue weighted by atomic mass is 10.1. The van der Waals surface area contributed by atoms with E-state index in [0.29, 0.717) is 17.0 Å². The second kappa shape index (κ2) is 5.75. The topological polar surface area (TPSA) is 76.2 Å². The molecule has 0 radical (unpaired) electrons. The predicted octanol–water partition coefficient (Wildman–Crippen LogP) is 1.83. The number of thioether (sulfide) groups is 1. The van der Waals surface area contributed by atoms with Crippen molar-refractivity contribution in [3.63, 3.8) is 0 Å². The highest BCUT2D eigenvalue weighted by Gasteiger charge is 2.08. The summed E-state index contributed by atoms with van der Waals surface area (Å²) in [6, 6.07) is 0. The van der Waals surface area contributed by atoms with Gasteiger partial charge in [0.1, 0.15) is 5.75 Å². The molecule has 6 heteroatoms. The fourth-order valence-electron chi connectivity index (χ4n) is 0.933. The monoisotopic (exact) mass is 230 g/mol. The van der Waals surface area contributed by atoms with Crippen LogP contribution in [-0.4, -0.2) is 27.0 Å². The van der Waals surface area contributed by atoms with Gasteiger partial charge in [0.05, 0.1) is 0 Å². The van der Waals surface area contributed by atoms with Crippen LogP contribution in [0.1, 0.15) is 26.2 Å². The van der Waals surface area contributed by atoms with Crippen LogP contribution in [0.3, 0.4) is 0 Å². The summed E-state index contributed by atoms with van der Waals surface area (Å²) in [6.07, 6.45) is 1.74. The second-order valence-electron chi connectivity index (χ2n) is 3.58. The minimum absolute atomic E-state index is 0.0498. The Hall–Kier alpha value is -1.04. The third kappa shape index (κ3) is 4.83. The maximum Gasteiger partial charge on any atom is 0.314 e. The summed E-state index contributed by atoms with van der Waals surface area (Å²) < 4.78 is 5.26. The Morgan fingerprint density at radius 1 is 1.53 bits per heavy atom. The van der Waals surface area contributed by atoms with Gasteiger partial charge in [0, 0.05) is 6.42 Å². The van der Waals surface area contributed by atoms with Gasteiger partial charge < -0.3 is 9.52 Å².